The molecule has 78 valence electrons. The molecular formula is C12H18FN. The highest BCUT2D eigenvalue weighted by molar-refractivity contribution is 5.49. The molecule has 1 rings (SSSR count). The molecule has 0 saturated heterocycles. The standard InChI is InChI=1S/C12H18FN/c1-12(2,3)10-8-9(14(4)5)6-7-11(10)13/h6-8H,1-5H3. The zero-order chi connectivity index (χ0) is 10.9. The van der Waals surface area contributed by atoms with Crippen molar-refractivity contribution in [2.75, 3.05) is 19.0 Å². The number of benzene rings is 1. The molecule has 0 bridgehead atoms. The molecule has 0 saturated carbocycles. The number of nitrogens with zero attached hydrogens (tertiary/aromatic N) is 1. The zero-order valence-electron chi connectivity index (χ0n) is 9.56. The summed E-state index contributed by atoms with van der Waals surface area (Å²) in [6.45, 7) is 6.06. The maximum Gasteiger partial charge on any atom is 0.127 e. The van der Waals surface area contributed by atoms with Gasteiger partial charge >= 0.3 is 0 Å². The van der Waals surface area contributed by atoms with Crippen LogP contribution < -0.4 is 4.90 Å². The molecule has 0 heterocycles. The Kier molecular flexibility index (Phi) is 2.84. The monoisotopic (exact) mass is 195 g/mol. The minimum absolute atomic E-state index is 0.122. The summed E-state index contributed by atoms with van der Waals surface area (Å²) in [5.74, 6) is -0.122. The maximum atomic E-state index is 13.5. The molecule has 0 unspecified atom stereocenters. The Morgan fingerprint density at radius 3 is 2.14 bits per heavy atom. The molecule has 1 nitrogen and oxygen atoms in total. The molecule has 0 aliphatic carbocycles. The van der Waals surface area contributed by atoms with Crippen LogP contribution in [0.3, 0.4) is 0 Å². The van der Waals surface area contributed by atoms with Gasteiger partial charge in [-0.1, -0.05) is 20.8 Å². The van der Waals surface area contributed by atoms with Crippen molar-refractivity contribution in [3.63, 3.8) is 0 Å². The normalized spacial score (nSPS) is 11.6. The van der Waals surface area contributed by atoms with Gasteiger partial charge in [-0.3, -0.25) is 0 Å². The fourth-order valence-corrected chi connectivity index (χ4v) is 1.37. The van der Waals surface area contributed by atoms with Crippen molar-refractivity contribution in [1.29, 1.82) is 0 Å². The molecule has 2 heteroatoms. The van der Waals surface area contributed by atoms with Gasteiger partial charge in [-0.2, -0.15) is 0 Å². The van der Waals surface area contributed by atoms with Crippen molar-refractivity contribution < 1.29 is 4.39 Å². The smallest absolute Gasteiger partial charge is 0.127 e. The van der Waals surface area contributed by atoms with Gasteiger partial charge in [0.2, 0.25) is 0 Å². The Labute approximate surface area is 85.5 Å². The first-order valence-electron chi connectivity index (χ1n) is 4.80. The van der Waals surface area contributed by atoms with Gasteiger partial charge in [0.15, 0.2) is 0 Å². The lowest BCUT2D eigenvalue weighted by Gasteiger charge is -2.22. The predicted molar refractivity (Wildman–Crippen MR) is 59.4 cm³/mol. The fourth-order valence-electron chi connectivity index (χ4n) is 1.37. The van der Waals surface area contributed by atoms with Gasteiger partial charge < -0.3 is 4.90 Å². The summed E-state index contributed by atoms with van der Waals surface area (Å²) in [4.78, 5) is 1.98. The second kappa shape index (κ2) is 3.60. The van der Waals surface area contributed by atoms with E-state index in [9.17, 15) is 4.39 Å². The summed E-state index contributed by atoms with van der Waals surface area (Å²) in [6.07, 6.45) is 0. The summed E-state index contributed by atoms with van der Waals surface area (Å²) in [5.41, 5.74) is 1.66. The van der Waals surface area contributed by atoms with Crippen LogP contribution in [-0.4, -0.2) is 14.1 Å². The van der Waals surface area contributed by atoms with Gasteiger partial charge in [0, 0.05) is 19.8 Å². The van der Waals surface area contributed by atoms with Gasteiger partial charge in [0.1, 0.15) is 5.82 Å². The lowest BCUT2D eigenvalue weighted by molar-refractivity contribution is 0.523. The van der Waals surface area contributed by atoms with E-state index in [4.69, 9.17) is 0 Å². The highest BCUT2D eigenvalue weighted by Crippen LogP contribution is 2.28. The maximum absolute atomic E-state index is 13.5. The highest BCUT2D eigenvalue weighted by Gasteiger charge is 2.18. The molecular weight excluding hydrogens is 177 g/mol. The molecule has 0 amide bonds. The van der Waals surface area contributed by atoms with Crippen LogP contribution in [0.4, 0.5) is 10.1 Å². The molecule has 0 radical (unpaired) electrons. The summed E-state index contributed by atoms with van der Waals surface area (Å²) in [5, 5.41) is 0. The first-order chi connectivity index (χ1) is 6.32. The van der Waals surface area contributed by atoms with E-state index < -0.39 is 0 Å². The van der Waals surface area contributed by atoms with Gasteiger partial charge in [-0.15, -0.1) is 0 Å². The largest absolute Gasteiger partial charge is 0.378 e. The van der Waals surface area contributed by atoms with Crippen molar-refractivity contribution in [2.45, 2.75) is 26.2 Å². The van der Waals surface area contributed by atoms with Gasteiger partial charge in [0.05, 0.1) is 0 Å². The van der Waals surface area contributed by atoms with E-state index in [0.717, 1.165) is 11.3 Å². The SMILES string of the molecule is CN(C)c1ccc(F)c(C(C)(C)C)c1. The van der Waals surface area contributed by atoms with Crippen LogP contribution in [0.25, 0.3) is 0 Å². The number of rotatable bonds is 1. The van der Waals surface area contributed by atoms with Crippen LogP contribution >= 0.6 is 0 Å². The number of halogens is 1. The van der Waals surface area contributed by atoms with Crippen LogP contribution in [0, 0.1) is 5.82 Å². The zero-order valence-corrected chi connectivity index (χ0v) is 9.56. The molecule has 1 aromatic rings. The van der Waals surface area contributed by atoms with E-state index in [2.05, 4.69) is 0 Å². The van der Waals surface area contributed by atoms with Crippen molar-refractivity contribution in [3.05, 3.63) is 29.6 Å². The molecule has 0 aliphatic heterocycles. The van der Waals surface area contributed by atoms with E-state index in [1.54, 1.807) is 6.07 Å². The third kappa shape index (κ3) is 2.25. The molecule has 0 fully saturated rings. The Morgan fingerprint density at radius 1 is 1.14 bits per heavy atom. The second-order valence-electron chi connectivity index (χ2n) is 4.81. The van der Waals surface area contributed by atoms with E-state index in [0.29, 0.717) is 0 Å². The quantitative estimate of drug-likeness (QED) is 0.665. The molecule has 0 aromatic heterocycles. The average molecular weight is 195 g/mol. The van der Waals surface area contributed by atoms with Crippen molar-refractivity contribution in [2.24, 2.45) is 0 Å². The van der Waals surface area contributed by atoms with Crippen molar-refractivity contribution in [1.82, 2.24) is 0 Å². The van der Waals surface area contributed by atoms with Crippen LogP contribution in [0.15, 0.2) is 18.2 Å². The molecule has 0 aliphatic rings. The van der Waals surface area contributed by atoms with E-state index in [1.807, 2.05) is 45.8 Å². The summed E-state index contributed by atoms with van der Waals surface area (Å²) in [6, 6.07) is 5.25. The number of anilines is 1. The predicted octanol–water partition coefficient (Wildman–Crippen LogP) is 3.19. The molecule has 1 aromatic carbocycles. The van der Waals surface area contributed by atoms with Crippen molar-refractivity contribution >= 4 is 5.69 Å². The van der Waals surface area contributed by atoms with Crippen LogP contribution in [0.2, 0.25) is 0 Å². The topological polar surface area (TPSA) is 3.24 Å². The second-order valence-corrected chi connectivity index (χ2v) is 4.81. The summed E-state index contributed by atoms with van der Waals surface area (Å²) < 4.78 is 13.5. The van der Waals surface area contributed by atoms with Gasteiger partial charge in [-0.25, -0.2) is 4.39 Å². The lowest BCUT2D eigenvalue weighted by atomic mass is 9.86. The van der Waals surface area contributed by atoms with Gasteiger partial charge in [0.25, 0.3) is 0 Å². The Hall–Kier alpha value is -1.05. The van der Waals surface area contributed by atoms with Gasteiger partial charge in [-0.05, 0) is 29.2 Å². The molecule has 0 spiro atoms. The van der Waals surface area contributed by atoms with Crippen LogP contribution in [-0.2, 0) is 5.41 Å². The van der Waals surface area contributed by atoms with Crippen molar-refractivity contribution in [3.8, 4) is 0 Å². The lowest BCUT2D eigenvalue weighted by Crippen LogP contribution is -2.16. The molecule has 0 atom stereocenters. The van der Waals surface area contributed by atoms with E-state index in [1.165, 1.54) is 6.07 Å². The Balaban J connectivity index is 3.22. The van der Waals surface area contributed by atoms with Crippen LogP contribution in [0.5, 0.6) is 0 Å². The first-order valence-corrected chi connectivity index (χ1v) is 4.80. The van der Waals surface area contributed by atoms with Crippen LogP contribution in [0.1, 0.15) is 26.3 Å². The Bertz CT molecular complexity index is 324. The van der Waals surface area contributed by atoms with E-state index in [-0.39, 0.29) is 11.2 Å². The fraction of sp³-hybridized carbons (Fsp3) is 0.500. The first kappa shape index (κ1) is 11.0. The minimum Gasteiger partial charge on any atom is -0.378 e. The Morgan fingerprint density at radius 2 is 1.71 bits per heavy atom. The number of hydrogen-bond donors (Lipinski definition) is 0. The summed E-state index contributed by atoms with van der Waals surface area (Å²) >= 11 is 0. The average Bonchev–Trinajstić information content (AvgIpc) is 2.02. The minimum atomic E-state index is -0.143. The third-order valence-corrected chi connectivity index (χ3v) is 2.27. The molecule has 0 N–H and O–H groups in total. The number of hydrogen-bond acceptors (Lipinski definition) is 1. The summed E-state index contributed by atoms with van der Waals surface area (Å²) in [7, 11) is 3.92. The highest BCUT2D eigenvalue weighted by atomic mass is 19.1. The van der Waals surface area contributed by atoms with E-state index >= 15 is 0 Å². The third-order valence-electron chi connectivity index (χ3n) is 2.27. The molecule has 14 heavy (non-hydrogen) atoms.